The number of hydrogen-bond acceptors (Lipinski definition) is 5. The smallest absolute Gasteiger partial charge is 0.339 e. The minimum Gasteiger partial charge on any atom is -0.486 e. The molecule has 0 saturated carbocycles. The lowest BCUT2D eigenvalue weighted by atomic mass is 10.2. The van der Waals surface area contributed by atoms with E-state index in [1.807, 2.05) is 0 Å². The van der Waals surface area contributed by atoms with Gasteiger partial charge in [-0.1, -0.05) is 11.6 Å². The summed E-state index contributed by atoms with van der Waals surface area (Å²) in [7, 11) is 0. The van der Waals surface area contributed by atoms with E-state index in [4.69, 9.17) is 21.4 Å². The number of nitrogens with one attached hydrogen (secondary N) is 1. The number of thiazole rings is 1. The second-order valence-electron chi connectivity index (χ2n) is 4.06. The first kappa shape index (κ1) is 15.3. The second-order valence-corrected chi connectivity index (χ2v) is 5.35. The maximum atomic E-state index is 11.1. The van der Waals surface area contributed by atoms with Gasteiger partial charge in [-0.05, 0) is 18.2 Å². The zero-order chi connectivity index (χ0) is 15.4. The third-order valence-corrected chi connectivity index (χ3v) is 3.43. The molecule has 1 amide bonds. The van der Waals surface area contributed by atoms with Crippen LogP contribution in [0.25, 0.3) is 0 Å². The molecule has 0 unspecified atom stereocenters. The molecule has 2 N–H and O–H groups in total. The lowest BCUT2D eigenvalue weighted by Crippen LogP contribution is -2.06. The van der Waals surface area contributed by atoms with Crippen molar-refractivity contribution in [3.8, 4) is 5.75 Å². The van der Waals surface area contributed by atoms with Gasteiger partial charge in [0.25, 0.3) is 0 Å². The van der Waals surface area contributed by atoms with Crippen LogP contribution in [0.1, 0.15) is 23.0 Å². The van der Waals surface area contributed by atoms with Gasteiger partial charge in [-0.25, -0.2) is 9.78 Å². The number of hydrogen-bond donors (Lipinski definition) is 2. The summed E-state index contributed by atoms with van der Waals surface area (Å²) in [6.45, 7) is 1.47. The van der Waals surface area contributed by atoms with E-state index in [9.17, 15) is 9.59 Å². The zero-order valence-corrected chi connectivity index (χ0v) is 12.5. The van der Waals surface area contributed by atoms with Crippen molar-refractivity contribution in [1.29, 1.82) is 0 Å². The lowest BCUT2D eigenvalue weighted by molar-refractivity contribution is -0.114. The summed E-state index contributed by atoms with van der Waals surface area (Å²) in [5, 5.41) is 14.2. The molecule has 6 nitrogen and oxygen atoms in total. The van der Waals surface area contributed by atoms with Crippen molar-refractivity contribution in [3.05, 3.63) is 39.9 Å². The normalized spacial score (nSPS) is 10.2. The van der Waals surface area contributed by atoms with Gasteiger partial charge in [-0.2, -0.15) is 0 Å². The Balaban J connectivity index is 2.09. The number of aromatic nitrogens is 1. The maximum Gasteiger partial charge on any atom is 0.339 e. The summed E-state index contributed by atoms with van der Waals surface area (Å²) >= 11 is 7.09. The van der Waals surface area contributed by atoms with Gasteiger partial charge in [0.15, 0.2) is 5.13 Å². The number of carbonyl (C=O) groups is 2. The molecule has 1 heterocycles. The molecule has 0 radical (unpaired) electrons. The fraction of sp³-hybridized carbons (Fsp3) is 0.154. The van der Waals surface area contributed by atoms with E-state index in [-0.39, 0.29) is 23.8 Å². The van der Waals surface area contributed by atoms with Crippen LogP contribution in [0.15, 0.2) is 23.6 Å². The minimum atomic E-state index is -1.10. The summed E-state index contributed by atoms with van der Waals surface area (Å²) in [6, 6.07) is 4.30. The van der Waals surface area contributed by atoms with Gasteiger partial charge < -0.3 is 15.2 Å². The molecular formula is C13H11ClN2O4S. The first-order valence-electron chi connectivity index (χ1n) is 5.83. The molecular weight excluding hydrogens is 316 g/mol. The van der Waals surface area contributed by atoms with Crippen LogP contribution in [-0.2, 0) is 11.4 Å². The van der Waals surface area contributed by atoms with Gasteiger partial charge in [0.05, 0.1) is 5.69 Å². The third-order valence-electron chi connectivity index (χ3n) is 2.38. The highest BCUT2D eigenvalue weighted by Gasteiger charge is 2.12. The molecule has 110 valence electrons. The predicted molar refractivity (Wildman–Crippen MR) is 79.2 cm³/mol. The van der Waals surface area contributed by atoms with E-state index < -0.39 is 5.97 Å². The summed E-state index contributed by atoms with van der Waals surface area (Å²) in [5.74, 6) is -1.14. The number of carboxylic acids is 1. The Morgan fingerprint density at radius 1 is 1.48 bits per heavy atom. The molecule has 8 heteroatoms. The molecule has 0 bridgehead atoms. The number of carboxylic acid groups (broad SMARTS) is 1. The van der Waals surface area contributed by atoms with Crippen molar-refractivity contribution < 1.29 is 19.4 Å². The predicted octanol–water partition coefficient (Wildman–Crippen LogP) is 3.03. The lowest BCUT2D eigenvalue weighted by Gasteiger charge is -2.08. The average molecular weight is 327 g/mol. The van der Waals surface area contributed by atoms with Crippen molar-refractivity contribution in [2.75, 3.05) is 5.32 Å². The number of amides is 1. The van der Waals surface area contributed by atoms with Crippen molar-refractivity contribution in [3.63, 3.8) is 0 Å². The Labute approximate surface area is 129 Å². The molecule has 0 saturated heterocycles. The second kappa shape index (κ2) is 6.55. The average Bonchev–Trinajstić information content (AvgIpc) is 2.82. The number of rotatable bonds is 5. The Bertz CT molecular complexity index is 687. The van der Waals surface area contributed by atoms with Crippen LogP contribution in [0.2, 0.25) is 5.02 Å². The van der Waals surface area contributed by atoms with Crippen molar-refractivity contribution in [1.82, 2.24) is 4.98 Å². The van der Waals surface area contributed by atoms with Crippen molar-refractivity contribution >= 4 is 39.9 Å². The van der Waals surface area contributed by atoms with Crippen LogP contribution in [0.3, 0.4) is 0 Å². The van der Waals surface area contributed by atoms with Crippen LogP contribution in [0, 0.1) is 0 Å². The molecule has 0 spiro atoms. The zero-order valence-electron chi connectivity index (χ0n) is 10.9. The number of halogens is 1. The topological polar surface area (TPSA) is 88.5 Å². The first-order chi connectivity index (χ1) is 9.95. The molecule has 21 heavy (non-hydrogen) atoms. The minimum absolute atomic E-state index is 0.0247. The summed E-state index contributed by atoms with van der Waals surface area (Å²) in [6.07, 6.45) is 0. The van der Waals surface area contributed by atoms with E-state index in [0.717, 1.165) is 0 Å². The van der Waals surface area contributed by atoms with E-state index in [0.29, 0.717) is 15.8 Å². The Morgan fingerprint density at radius 3 is 2.90 bits per heavy atom. The Morgan fingerprint density at radius 2 is 2.24 bits per heavy atom. The highest BCUT2D eigenvalue weighted by Crippen LogP contribution is 2.25. The van der Waals surface area contributed by atoms with E-state index in [1.165, 1.54) is 36.5 Å². The Kier molecular flexibility index (Phi) is 4.77. The van der Waals surface area contributed by atoms with Crippen LogP contribution in [0.5, 0.6) is 5.75 Å². The number of benzene rings is 1. The summed E-state index contributed by atoms with van der Waals surface area (Å²) < 4.78 is 5.45. The van der Waals surface area contributed by atoms with Gasteiger partial charge in [0, 0.05) is 17.3 Å². The molecule has 0 atom stereocenters. The Hall–Kier alpha value is -2.12. The van der Waals surface area contributed by atoms with Crippen molar-refractivity contribution in [2.24, 2.45) is 0 Å². The third kappa shape index (κ3) is 4.17. The molecule has 0 aliphatic heterocycles. The molecule has 1 aromatic heterocycles. The fourth-order valence-electron chi connectivity index (χ4n) is 1.53. The first-order valence-corrected chi connectivity index (χ1v) is 7.09. The SMILES string of the molecule is CC(=O)Nc1nc(COc2cc(Cl)ccc2C(=O)O)cs1. The van der Waals surface area contributed by atoms with Gasteiger partial charge in [-0.3, -0.25) is 4.79 Å². The summed E-state index contributed by atoms with van der Waals surface area (Å²) in [4.78, 5) is 26.1. The number of carbonyl (C=O) groups excluding carboxylic acids is 1. The molecule has 0 aliphatic carbocycles. The van der Waals surface area contributed by atoms with E-state index in [1.54, 1.807) is 5.38 Å². The van der Waals surface area contributed by atoms with Gasteiger partial charge in [0.1, 0.15) is 17.9 Å². The largest absolute Gasteiger partial charge is 0.486 e. The fourth-order valence-corrected chi connectivity index (χ4v) is 2.43. The number of aromatic carboxylic acids is 1. The quantitative estimate of drug-likeness (QED) is 0.881. The van der Waals surface area contributed by atoms with E-state index in [2.05, 4.69) is 10.3 Å². The summed E-state index contributed by atoms with van der Waals surface area (Å²) in [5.41, 5.74) is 0.608. The monoisotopic (exact) mass is 326 g/mol. The van der Waals surface area contributed by atoms with Gasteiger partial charge >= 0.3 is 5.97 Å². The standard InChI is InChI=1S/C13H11ClN2O4S/c1-7(17)15-13-16-9(6-21-13)5-20-11-4-8(14)2-3-10(11)12(18)19/h2-4,6H,5H2,1H3,(H,18,19)(H,15,16,17). The highest BCUT2D eigenvalue weighted by atomic mass is 35.5. The molecule has 2 aromatic rings. The van der Waals surface area contributed by atoms with Crippen LogP contribution >= 0.6 is 22.9 Å². The van der Waals surface area contributed by atoms with E-state index >= 15 is 0 Å². The highest BCUT2D eigenvalue weighted by molar-refractivity contribution is 7.13. The molecule has 0 aliphatic rings. The van der Waals surface area contributed by atoms with Crippen LogP contribution in [-0.4, -0.2) is 22.0 Å². The van der Waals surface area contributed by atoms with Gasteiger partial charge in [-0.15, -0.1) is 11.3 Å². The van der Waals surface area contributed by atoms with Crippen LogP contribution in [0.4, 0.5) is 5.13 Å². The maximum absolute atomic E-state index is 11.1. The molecule has 1 aromatic carbocycles. The van der Waals surface area contributed by atoms with Crippen molar-refractivity contribution in [2.45, 2.75) is 13.5 Å². The van der Waals surface area contributed by atoms with Gasteiger partial charge in [0.2, 0.25) is 5.91 Å². The number of nitrogens with zero attached hydrogens (tertiary/aromatic N) is 1. The molecule has 0 fully saturated rings. The number of ether oxygens (including phenoxy) is 1. The number of anilines is 1. The molecule has 2 rings (SSSR count). The van der Waals surface area contributed by atoms with Crippen LogP contribution < -0.4 is 10.1 Å².